The van der Waals surface area contributed by atoms with Crippen LogP contribution in [0.5, 0.6) is 5.75 Å². The topological polar surface area (TPSA) is 9.23 Å². The average Bonchev–Trinajstić information content (AvgIpc) is 2.34. The van der Waals surface area contributed by atoms with Gasteiger partial charge in [-0.3, -0.25) is 0 Å². The van der Waals surface area contributed by atoms with Crippen LogP contribution in [0.1, 0.15) is 11.1 Å². The molecular formula is C14H11BrF2O. The SMILES string of the molecule is Cc1ccc(F)c(OCc2ccc(F)c(Br)c2)c1. The van der Waals surface area contributed by atoms with Crippen molar-refractivity contribution in [1.82, 2.24) is 0 Å². The predicted octanol–water partition coefficient (Wildman–Crippen LogP) is 4.61. The summed E-state index contributed by atoms with van der Waals surface area (Å²) >= 11 is 3.09. The van der Waals surface area contributed by atoms with Crippen molar-refractivity contribution in [2.45, 2.75) is 13.5 Å². The van der Waals surface area contributed by atoms with Crippen molar-refractivity contribution < 1.29 is 13.5 Å². The number of rotatable bonds is 3. The first-order chi connectivity index (χ1) is 8.56. The summed E-state index contributed by atoms with van der Waals surface area (Å²) in [6.45, 7) is 2.06. The first kappa shape index (κ1) is 13.0. The summed E-state index contributed by atoms with van der Waals surface area (Å²) in [7, 11) is 0. The van der Waals surface area contributed by atoms with Gasteiger partial charge in [-0.15, -0.1) is 0 Å². The molecule has 2 rings (SSSR count). The summed E-state index contributed by atoms with van der Waals surface area (Å²) in [5.41, 5.74) is 1.69. The number of benzene rings is 2. The second-order valence-electron chi connectivity index (χ2n) is 3.97. The monoisotopic (exact) mass is 312 g/mol. The first-order valence-corrected chi connectivity index (χ1v) is 6.18. The lowest BCUT2D eigenvalue weighted by molar-refractivity contribution is 0.290. The molecule has 0 saturated carbocycles. The van der Waals surface area contributed by atoms with Crippen LogP contribution in [0.25, 0.3) is 0 Å². The van der Waals surface area contributed by atoms with E-state index in [1.807, 2.05) is 6.92 Å². The van der Waals surface area contributed by atoms with Gasteiger partial charge >= 0.3 is 0 Å². The van der Waals surface area contributed by atoms with E-state index in [1.54, 1.807) is 24.3 Å². The summed E-state index contributed by atoms with van der Waals surface area (Å²) in [5, 5.41) is 0. The van der Waals surface area contributed by atoms with Gasteiger partial charge in [-0.05, 0) is 58.2 Å². The van der Waals surface area contributed by atoms with Crippen LogP contribution >= 0.6 is 15.9 Å². The standard InChI is InChI=1S/C14H11BrF2O/c1-9-2-4-13(17)14(6-9)18-8-10-3-5-12(16)11(15)7-10/h2-7H,8H2,1H3. The predicted molar refractivity (Wildman–Crippen MR) is 69.6 cm³/mol. The molecule has 0 N–H and O–H groups in total. The number of hydrogen-bond donors (Lipinski definition) is 0. The molecule has 94 valence electrons. The largest absolute Gasteiger partial charge is 0.486 e. The molecule has 1 nitrogen and oxygen atoms in total. The van der Waals surface area contributed by atoms with Crippen LogP contribution in [0.2, 0.25) is 0 Å². The maximum Gasteiger partial charge on any atom is 0.165 e. The molecule has 0 amide bonds. The van der Waals surface area contributed by atoms with E-state index < -0.39 is 5.82 Å². The maximum atomic E-state index is 13.4. The van der Waals surface area contributed by atoms with Gasteiger partial charge in [-0.2, -0.15) is 0 Å². The highest BCUT2D eigenvalue weighted by Gasteiger charge is 2.05. The van der Waals surface area contributed by atoms with Crippen molar-refractivity contribution in [3.8, 4) is 5.75 Å². The molecule has 0 heterocycles. The van der Waals surface area contributed by atoms with Gasteiger partial charge in [0.15, 0.2) is 11.6 Å². The Kier molecular flexibility index (Phi) is 3.97. The Morgan fingerprint density at radius 2 is 1.78 bits per heavy atom. The summed E-state index contributed by atoms with van der Waals surface area (Å²) < 4.78 is 32.2. The van der Waals surface area contributed by atoms with Gasteiger partial charge < -0.3 is 4.74 Å². The van der Waals surface area contributed by atoms with E-state index in [0.717, 1.165) is 11.1 Å². The van der Waals surface area contributed by atoms with E-state index in [-0.39, 0.29) is 18.2 Å². The Bertz CT molecular complexity index is 570. The third kappa shape index (κ3) is 3.07. The van der Waals surface area contributed by atoms with E-state index in [4.69, 9.17) is 4.74 Å². The van der Waals surface area contributed by atoms with Gasteiger partial charge in [0.2, 0.25) is 0 Å². The van der Waals surface area contributed by atoms with E-state index in [2.05, 4.69) is 15.9 Å². The lowest BCUT2D eigenvalue weighted by Crippen LogP contribution is -1.98. The Morgan fingerprint density at radius 3 is 2.50 bits per heavy atom. The number of ether oxygens (including phenoxy) is 1. The number of hydrogen-bond acceptors (Lipinski definition) is 1. The van der Waals surface area contributed by atoms with Crippen LogP contribution in [0.15, 0.2) is 40.9 Å². The minimum Gasteiger partial charge on any atom is -0.486 e. The number of halogens is 3. The second-order valence-corrected chi connectivity index (χ2v) is 4.83. The van der Waals surface area contributed by atoms with Crippen molar-refractivity contribution in [3.05, 3.63) is 63.6 Å². The molecule has 0 saturated heterocycles. The van der Waals surface area contributed by atoms with E-state index in [9.17, 15) is 8.78 Å². The smallest absolute Gasteiger partial charge is 0.165 e. The molecule has 2 aromatic carbocycles. The van der Waals surface area contributed by atoms with Crippen molar-refractivity contribution >= 4 is 15.9 Å². The van der Waals surface area contributed by atoms with Crippen LogP contribution in [-0.2, 0) is 6.61 Å². The fourth-order valence-electron chi connectivity index (χ4n) is 1.51. The zero-order valence-electron chi connectivity index (χ0n) is 9.71. The Hall–Kier alpha value is -1.42. The molecule has 0 aromatic heterocycles. The van der Waals surface area contributed by atoms with Crippen molar-refractivity contribution in [1.29, 1.82) is 0 Å². The highest BCUT2D eigenvalue weighted by molar-refractivity contribution is 9.10. The molecule has 0 aliphatic rings. The normalized spacial score (nSPS) is 10.4. The quantitative estimate of drug-likeness (QED) is 0.804. The van der Waals surface area contributed by atoms with Crippen LogP contribution in [0.4, 0.5) is 8.78 Å². The first-order valence-electron chi connectivity index (χ1n) is 5.39. The molecule has 2 aromatic rings. The van der Waals surface area contributed by atoms with Crippen molar-refractivity contribution in [2.75, 3.05) is 0 Å². The highest BCUT2D eigenvalue weighted by Crippen LogP contribution is 2.21. The van der Waals surface area contributed by atoms with E-state index in [0.29, 0.717) is 4.47 Å². The van der Waals surface area contributed by atoms with Gasteiger partial charge in [0.05, 0.1) is 4.47 Å². The fraction of sp³-hybridized carbons (Fsp3) is 0.143. The van der Waals surface area contributed by atoms with Gasteiger partial charge in [-0.25, -0.2) is 8.78 Å². The summed E-state index contributed by atoms with van der Waals surface area (Å²) in [6.07, 6.45) is 0. The molecule has 0 fully saturated rings. The summed E-state index contributed by atoms with van der Waals surface area (Å²) in [5.74, 6) is -0.530. The van der Waals surface area contributed by atoms with Crippen molar-refractivity contribution in [3.63, 3.8) is 0 Å². The second kappa shape index (κ2) is 5.48. The van der Waals surface area contributed by atoms with Crippen LogP contribution in [0.3, 0.4) is 0 Å². The van der Waals surface area contributed by atoms with E-state index >= 15 is 0 Å². The molecular weight excluding hydrogens is 302 g/mol. The third-order valence-electron chi connectivity index (χ3n) is 2.47. The average molecular weight is 313 g/mol. The third-order valence-corrected chi connectivity index (χ3v) is 3.07. The van der Waals surface area contributed by atoms with Gasteiger partial charge in [0, 0.05) is 0 Å². The molecule has 4 heteroatoms. The molecule has 0 atom stereocenters. The van der Waals surface area contributed by atoms with E-state index in [1.165, 1.54) is 12.1 Å². The molecule has 0 bridgehead atoms. The minimum absolute atomic E-state index is 0.194. The Balaban J connectivity index is 2.11. The Morgan fingerprint density at radius 1 is 1.06 bits per heavy atom. The lowest BCUT2D eigenvalue weighted by Gasteiger charge is -2.08. The maximum absolute atomic E-state index is 13.4. The molecule has 0 unspecified atom stereocenters. The fourth-order valence-corrected chi connectivity index (χ4v) is 1.94. The molecule has 18 heavy (non-hydrogen) atoms. The van der Waals surface area contributed by atoms with Crippen LogP contribution in [0, 0.1) is 18.6 Å². The van der Waals surface area contributed by atoms with Gasteiger partial charge in [0.1, 0.15) is 12.4 Å². The number of aryl methyl sites for hydroxylation is 1. The van der Waals surface area contributed by atoms with Crippen LogP contribution in [-0.4, -0.2) is 0 Å². The minimum atomic E-state index is -0.401. The highest BCUT2D eigenvalue weighted by atomic mass is 79.9. The molecule has 0 aliphatic carbocycles. The van der Waals surface area contributed by atoms with Gasteiger partial charge in [-0.1, -0.05) is 12.1 Å². The summed E-state index contributed by atoms with van der Waals surface area (Å²) in [4.78, 5) is 0. The Labute approximate surface area is 113 Å². The molecule has 0 spiro atoms. The summed E-state index contributed by atoms with van der Waals surface area (Å²) in [6, 6.07) is 9.24. The zero-order chi connectivity index (χ0) is 13.1. The van der Waals surface area contributed by atoms with Crippen LogP contribution < -0.4 is 4.74 Å². The lowest BCUT2D eigenvalue weighted by atomic mass is 10.2. The molecule has 0 radical (unpaired) electrons. The van der Waals surface area contributed by atoms with Crippen molar-refractivity contribution in [2.24, 2.45) is 0 Å². The zero-order valence-corrected chi connectivity index (χ0v) is 11.3. The molecule has 0 aliphatic heterocycles. The van der Waals surface area contributed by atoms with Gasteiger partial charge in [0.25, 0.3) is 0 Å².